The third kappa shape index (κ3) is 3.62. The molecule has 0 spiro atoms. The van der Waals surface area contributed by atoms with Crippen LogP contribution >= 0.6 is 11.6 Å². The Bertz CT molecular complexity index is 991. The van der Waals surface area contributed by atoms with Gasteiger partial charge in [-0.05, 0) is 36.8 Å². The number of benzene rings is 2. The van der Waals surface area contributed by atoms with E-state index in [1.807, 2.05) is 31.2 Å². The first-order valence-corrected chi connectivity index (χ1v) is 9.34. The SMILES string of the molecule is Cc1ccc2c(C[NH+]3CCN(c4cccc(Cl)c4)CC3)cc(=O)oc2c1. The van der Waals surface area contributed by atoms with Crippen LogP contribution < -0.4 is 15.4 Å². The standard InChI is InChI=1S/C21H21ClN2O2/c1-15-5-6-19-16(12-21(25)26-20(19)11-15)14-23-7-9-24(10-8-23)18-4-2-3-17(22)13-18/h2-6,11-13H,7-10,14H2,1H3/p+1. The van der Waals surface area contributed by atoms with Crippen LogP contribution in [0.3, 0.4) is 0 Å². The van der Waals surface area contributed by atoms with Gasteiger partial charge in [-0.25, -0.2) is 4.79 Å². The number of aryl methyl sites for hydroxylation is 1. The van der Waals surface area contributed by atoms with E-state index >= 15 is 0 Å². The fourth-order valence-electron chi connectivity index (χ4n) is 3.68. The summed E-state index contributed by atoms with van der Waals surface area (Å²) in [4.78, 5) is 15.8. The minimum atomic E-state index is -0.268. The smallest absolute Gasteiger partial charge is 0.336 e. The van der Waals surface area contributed by atoms with E-state index in [1.165, 1.54) is 10.6 Å². The summed E-state index contributed by atoms with van der Waals surface area (Å²) in [5.74, 6) is 0. The van der Waals surface area contributed by atoms with Gasteiger partial charge in [0.05, 0.1) is 26.2 Å². The molecule has 0 unspecified atom stereocenters. The molecule has 0 saturated carbocycles. The molecule has 4 rings (SSSR count). The van der Waals surface area contributed by atoms with Gasteiger partial charge in [-0.2, -0.15) is 0 Å². The summed E-state index contributed by atoms with van der Waals surface area (Å²) in [5.41, 5.74) is 3.76. The van der Waals surface area contributed by atoms with Crippen LogP contribution in [0.1, 0.15) is 11.1 Å². The molecule has 1 saturated heterocycles. The Hall–Kier alpha value is -2.30. The van der Waals surface area contributed by atoms with Crippen molar-refractivity contribution in [3.05, 3.63) is 75.1 Å². The molecular formula is C21H22ClN2O2+. The molecule has 1 aliphatic heterocycles. The van der Waals surface area contributed by atoms with E-state index in [2.05, 4.69) is 23.1 Å². The predicted molar refractivity (Wildman–Crippen MR) is 105 cm³/mol. The maximum atomic E-state index is 11.9. The molecule has 0 aliphatic carbocycles. The molecule has 5 heteroatoms. The van der Waals surface area contributed by atoms with Crippen LogP contribution in [-0.4, -0.2) is 26.2 Å². The average Bonchev–Trinajstić information content (AvgIpc) is 2.62. The van der Waals surface area contributed by atoms with Crippen molar-refractivity contribution in [1.82, 2.24) is 0 Å². The van der Waals surface area contributed by atoms with Gasteiger partial charge >= 0.3 is 5.63 Å². The van der Waals surface area contributed by atoms with E-state index in [-0.39, 0.29) is 5.63 Å². The summed E-state index contributed by atoms with van der Waals surface area (Å²) in [5, 5.41) is 1.81. The molecule has 1 N–H and O–H groups in total. The minimum absolute atomic E-state index is 0.268. The number of quaternary nitrogens is 1. The molecule has 3 aromatic rings. The van der Waals surface area contributed by atoms with Crippen molar-refractivity contribution in [2.24, 2.45) is 0 Å². The number of fused-ring (bicyclic) bond motifs is 1. The first-order valence-electron chi connectivity index (χ1n) is 8.96. The molecule has 0 amide bonds. The summed E-state index contributed by atoms with van der Waals surface area (Å²) in [6.45, 7) is 6.86. The van der Waals surface area contributed by atoms with Gasteiger partial charge in [0.15, 0.2) is 0 Å². The van der Waals surface area contributed by atoms with Crippen LogP contribution in [0.25, 0.3) is 11.0 Å². The second-order valence-electron chi connectivity index (χ2n) is 6.98. The fourth-order valence-corrected chi connectivity index (χ4v) is 3.87. The molecule has 0 atom stereocenters. The number of anilines is 1. The highest BCUT2D eigenvalue weighted by Gasteiger charge is 2.21. The molecule has 0 radical (unpaired) electrons. The van der Waals surface area contributed by atoms with Crippen LogP contribution in [-0.2, 0) is 6.54 Å². The monoisotopic (exact) mass is 369 g/mol. The van der Waals surface area contributed by atoms with E-state index in [9.17, 15) is 4.79 Å². The summed E-state index contributed by atoms with van der Waals surface area (Å²) < 4.78 is 5.37. The van der Waals surface area contributed by atoms with E-state index in [0.29, 0.717) is 5.58 Å². The van der Waals surface area contributed by atoms with Crippen LogP contribution in [0.2, 0.25) is 5.02 Å². The summed E-state index contributed by atoms with van der Waals surface area (Å²) in [6, 6.07) is 15.7. The lowest BCUT2D eigenvalue weighted by atomic mass is 10.1. The molecule has 2 aromatic carbocycles. The first kappa shape index (κ1) is 17.1. The van der Waals surface area contributed by atoms with Crippen LogP contribution in [0.15, 0.2) is 57.7 Å². The average molecular weight is 370 g/mol. The van der Waals surface area contributed by atoms with Gasteiger partial charge in [0.25, 0.3) is 0 Å². The normalized spacial score (nSPS) is 15.5. The maximum Gasteiger partial charge on any atom is 0.336 e. The van der Waals surface area contributed by atoms with Crippen LogP contribution in [0.5, 0.6) is 0 Å². The van der Waals surface area contributed by atoms with Crippen LogP contribution in [0.4, 0.5) is 5.69 Å². The van der Waals surface area contributed by atoms with Gasteiger partial charge < -0.3 is 14.2 Å². The van der Waals surface area contributed by atoms with Gasteiger partial charge in [0.1, 0.15) is 12.1 Å². The zero-order chi connectivity index (χ0) is 18.1. The van der Waals surface area contributed by atoms with Crippen LogP contribution in [0, 0.1) is 6.92 Å². The highest BCUT2D eigenvalue weighted by atomic mass is 35.5. The Balaban J connectivity index is 1.50. The second-order valence-corrected chi connectivity index (χ2v) is 7.42. The van der Waals surface area contributed by atoms with Crippen molar-refractivity contribution in [2.45, 2.75) is 13.5 Å². The molecule has 1 aromatic heterocycles. The lowest BCUT2D eigenvalue weighted by molar-refractivity contribution is -0.914. The summed E-state index contributed by atoms with van der Waals surface area (Å²) in [6.07, 6.45) is 0. The Morgan fingerprint density at radius 1 is 1.12 bits per heavy atom. The molecule has 26 heavy (non-hydrogen) atoms. The van der Waals surface area contributed by atoms with Gasteiger partial charge in [0, 0.05) is 27.7 Å². The number of halogens is 1. The Labute approximate surface area is 157 Å². The van der Waals surface area contributed by atoms with Crippen molar-refractivity contribution in [3.63, 3.8) is 0 Å². The predicted octanol–water partition coefficient (Wildman–Crippen LogP) is 2.66. The summed E-state index contributed by atoms with van der Waals surface area (Å²) >= 11 is 6.11. The maximum absolute atomic E-state index is 11.9. The molecule has 1 aliphatic rings. The van der Waals surface area contributed by atoms with Gasteiger partial charge in [-0.15, -0.1) is 0 Å². The molecule has 4 nitrogen and oxygen atoms in total. The van der Waals surface area contributed by atoms with E-state index in [1.54, 1.807) is 6.07 Å². The number of hydrogen-bond donors (Lipinski definition) is 1. The van der Waals surface area contributed by atoms with Crippen molar-refractivity contribution < 1.29 is 9.32 Å². The first-order chi connectivity index (χ1) is 12.6. The third-order valence-corrected chi connectivity index (χ3v) is 5.31. The van der Waals surface area contributed by atoms with E-state index in [0.717, 1.165) is 54.3 Å². The number of nitrogens with zero attached hydrogens (tertiary/aromatic N) is 1. The van der Waals surface area contributed by atoms with Gasteiger partial charge in [0.2, 0.25) is 0 Å². The molecule has 134 valence electrons. The van der Waals surface area contributed by atoms with E-state index in [4.69, 9.17) is 16.0 Å². The molecule has 1 fully saturated rings. The highest BCUT2D eigenvalue weighted by molar-refractivity contribution is 6.30. The Morgan fingerprint density at radius 2 is 1.92 bits per heavy atom. The largest absolute Gasteiger partial charge is 0.423 e. The Morgan fingerprint density at radius 3 is 2.69 bits per heavy atom. The van der Waals surface area contributed by atoms with Crippen molar-refractivity contribution in [3.8, 4) is 0 Å². The van der Waals surface area contributed by atoms with E-state index < -0.39 is 0 Å². The Kier molecular flexibility index (Phi) is 4.70. The zero-order valence-electron chi connectivity index (χ0n) is 14.8. The zero-order valence-corrected chi connectivity index (χ0v) is 15.6. The third-order valence-electron chi connectivity index (χ3n) is 5.07. The number of rotatable bonds is 3. The lowest BCUT2D eigenvalue weighted by Gasteiger charge is -2.33. The topological polar surface area (TPSA) is 37.9 Å². The number of hydrogen-bond acceptors (Lipinski definition) is 3. The molecule has 0 bridgehead atoms. The summed E-state index contributed by atoms with van der Waals surface area (Å²) in [7, 11) is 0. The fraction of sp³-hybridized carbons (Fsp3) is 0.286. The lowest BCUT2D eigenvalue weighted by Crippen LogP contribution is -3.13. The second kappa shape index (κ2) is 7.14. The molecular weight excluding hydrogens is 348 g/mol. The number of nitrogens with one attached hydrogen (secondary N) is 1. The number of piperazine rings is 1. The van der Waals surface area contributed by atoms with Crippen molar-refractivity contribution in [2.75, 3.05) is 31.1 Å². The van der Waals surface area contributed by atoms with Gasteiger partial charge in [-0.3, -0.25) is 0 Å². The van der Waals surface area contributed by atoms with Crippen molar-refractivity contribution in [1.29, 1.82) is 0 Å². The quantitative estimate of drug-likeness (QED) is 0.721. The minimum Gasteiger partial charge on any atom is -0.423 e. The van der Waals surface area contributed by atoms with Gasteiger partial charge in [-0.1, -0.05) is 29.8 Å². The highest BCUT2D eigenvalue weighted by Crippen LogP contribution is 2.20. The molecule has 2 heterocycles. The van der Waals surface area contributed by atoms with Crippen molar-refractivity contribution >= 4 is 28.3 Å².